The number of nitrogens with zero attached hydrogens (tertiary/aromatic N) is 2. The number of hydrogen-bond donors (Lipinski definition) is 1. The summed E-state index contributed by atoms with van der Waals surface area (Å²) in [4.78, 5) is 23.7. The van der Waals surface area contributed by atoms with E-state index in [4.69, 9.17) is 5.11 Å². The zero-order chi connectivity index (χ0) is 14.4. The first-order chi connectivity index (χ1) is 9.01. The third-order valence-electron chi connectivity index (χ3n) is 2.79. The van der Waals surface area contributed by atoms with Crippen LogP contribution in [0.5, 0.6) is 0 Å². The molecule has 0 saturated carbocycles. The van der Waals surface area contributed by atoms with Gasteiger partial charge in [-0.25, -0.2) is 0 Å². The Morgan fingerprint density at radius 3 is 2.58 bits per heavy atom. The second kappa shape index (κ2) is 6.84. The summed E-state index contributed by atoms with van der Waals surface area (Å²) >= 11 is 0. The van der Waals surface area contributed by atoms with Crippen molar-refractivity contribution in [3.63, 3.8) is 0 Å². The van der Waals surface area contributed by atoms with E-state index in [1.807, 2.05) is 11.8 Å². The predicted octanol–water partition coefficient (Wildman–Crippen LogP) is 2.01. The molecule has 0 amide bonds. The number of aliphatic hydroxyl groups is 1. The number of benzene rings is 1. The molecule has 1 aromatic carbocycles. The third kappa shape index (κ3) is 3.75. The Bertz CT molecular complexity index is 468. The lowest BCUT2D eigenvalue weighted by molar-refractivity contribution is -0.385. The van der Waals surface area contributed by atoms with E-state index < -0.39 is 4.92 Å². The molecule has 0 aromatic heterocycles. The maximum absolute atomic E-state index is 11.3. The fraction of sp³-hybridized carbons (Fsp3) is 0.462. The van der Waals surface area contributed by atoms with Gasteiger partial charge in [0.1, 0.15) is 0 Å². The fourth-order valence-corrected chi connectivity index (χ4v) is 1.93. The molecule has 0 saturated heterocycles. The van der Waals surface area contributed by atoms with E-state index >= 15 is 0 Å². The number of Topliss-reactive ketones (excluding diaryl/α,β-unsaturated/α-hetero) is 1. The van der Waals surface area contributed by atoms with E-state index in [-0.39, 0.29) is 23.6 Å². The molecule has 0 heterocycles. The Kier molecular flexibility index (Phi) is 5.44. The van der Waals surface area contributed by atoms with Gasteiger partial charge in [0.05, 0.1) is 17.1 Å². The number of carbonyl (C=O) groups is 1. The summed E-state index contributed by atoms with van der Waals surface area (Å²) in [5.41, 5.74) is 0.561. The molecule has 6 nitrogen and oxygen atoms in total. The van der Waals surface area contributed by atoms with Crippen molar-refractivity contribution in [1.29, 1.82) is 0 Å². The molecule has 6 heteroatoms. The number of anilines is 1. The molecule has 0 aliphatic heterocycles. The molecule has 0 bridgehead atoms. The van der Waals surface area contributed by atoms with Gasteiger partial charge in [-0.2, -0.15) is 0 Å². The smallest absolute Gasteiger partial charge is 0.282 e. The first-order valence-electron chi connectivity index (χ1n) is 6.16. The van der Waals surface area contributed by atoms with Crippen molar-refractivity contribution < 1.29 is 14.8 Å². The molecule has 0 atom stereocenters. The van der Waals surface area contributed by atoms with E-state index in [0.29, 0.717) is 18.8 Å². The standard InChI is InChI=1S/C13H18N2O4/c1-3-6-14(7-8-16)11-4-5-12(10(2)17)13(9-11)15(18)19/h4-5,9,16H,3,6-8H2,1-2H3. The van der Waals surface area contributed by atoms with Crippen LogP contribution in [0.4, 0.5) is 11.4 Å². The summed E-state index contributed by atoms with van der Waals surface area (Å²) in [6.07, 6.45) is 0.863. The molecule has 0 radical (unpaired) electrons. The van der Waals surface area contributed by atoms with Gasteiger partial charge >= 0.3 is 0 Å². The first kappa shape index (κ1) is 15.1. The Morgan fingerprint density at radius 1 is 1.42 bits per heavy atom. The highest BCUT2D eigenvalue weighted by Crippen LogP contribution is 2.26. The van der Waals surface area contributed by atoms with Crippen molar-refractivity contribution >= 4 is 17.2 Å². The first-order valence-corrected chi connectivity index (χ1v) is 6.16. The molecule has 0 aliphatic carbocycles. The summed E-state index contributed by atoms with van der Waals surface area (Å²) in [5.74, 6) is -0.331. The number of nitro benzene ring substituents is 1. The van der Waals surface area contributed by atoms with Gasteiger partial charge in [-0.15, -0.1) is 0 Å². The number of rotatable bonds is 7. The molecule has 0 fully saturated rings. The predicted molar refractivity (Wildman–Crippen MR) is 72.7 cm³/mol. The quantitative estimate of drug-likeness (QED) is 0.463. The maximum atomic E-state index is 11.3. The lowest BCUT2D eigenvalue weighted by Gasteiger charge is -2.23. The average molecular weight is 266 g/mol. The van der Waals surface area contributed by atoms with Gasteiger partial charge in [-0.1, -0.05) is 6.92 Å². The van der Waals surface area contributed by atoms with Gasteiger partial charge in [0.25, 0.3) is 5.69 Å². The minimum atomic E-state index is -0.552. The lowest BCUT2D eigenvalue weighted by atomic mass is 10.1. The molecular weight excluding hydrogens is 248 g/mol. The van der Waals surface area contributed by atoms with Gasteiger partial charge < -0.3 is 10.0 Å². The summed E-state index contributed by atoms with van der Waals surface area (Å²) in [5, 5.41) is 20.0. The Morgan fingerprint density at radius 2 is 2.11 bits per heavy atom. The van der Waals surface area contributed by atoms with Gasteiger partial charge in [-0.05, 0) is 25.5 Å². The SMILES string of the molecule is CCCN(CCO)c1ccc(C(C)=O)c([N+](=O)[O-])c1. The van der Waals surface area contributed by atoms with Crippen molar-refractivity contribution in [1.82, 2.24) is 0 Å². The summed E-state index contributed by atoms with van der Waals surface area (Å²) in [6, 6.07) is 4.53. The topological polar surface area (TPSA) is 83.7 Å². The Balaban J connectivity index is 3.19. The second-order valence-corrected chi connectivity index (χ2v) is 4.23. The minimum absolute atomic E-state index is 0.0255. The van der Waals surface area contributed by atoms with Gasteiger partial charge in [0, 0.05) is 24.8 Å². The zero-order valence-electron chi connectivity index (χ0n) is 11.1. The molecule has 0 spiro atoms. The van der Waals surface area contributed by atoms with E-state index in [1.54, 1.807) is 6.07 Å². The van der Waals surface area contributed by atoms with E-state index in [9.17, 15) is 14.9 Å². The van der Waals surface area contributed by atoms with E-state index in [0.717, 1.165) is 6.42 Å². The fourth-order valence-electron chi connectivity index (χ4n) is 1.93. The van der Waals surface area contributed by atoms with Gasteiger partial charge in [-0.3, -0.25) is 14.9 Å². The highest BCUT2D eigenvalue weighted by molar-refractivity contribution is 5.98. The number of carbonyl (C=O) groups excluding carboxylic acids is 1. The van der Waals surface area contributed by atoms with Crippen LogP contribution in [0.15, 0.2) is 18.2 Å². The largest absolute Gasteiger partial charge is 0.395 e. The van der Waals surface area contributed by atoms with Crippen molar-refractivity contribution in [3.05, 3.63) is 33.9 Å². The average Bonchev–Trinajstić information content (AvgIpc) is 2.37. The van der Waals surface area contributed by atoms with Crippen molar-refractivity contribution in [2.75, 3.05) is 24.6 Å². The molecule has 0 aliphatic rings. The molecule has 0 unspecified atom stereocenters. The Hall–Kier alpha value is -1.95. The van der Waals surface area contributed by atoms with Crippen LogP contribution in [-0.2, 0) is 0 Å². The van der Waals surface area contributed by atoms with Crippen LogP contribution in [0.1, 0.15) is 30.6 Å². The van der Waals surface area contributed by atoms with E-state index in [1.165, 1.54) is 19.1 Å². The van der Waals surface area contributed by atoms with Crippen molar-refractivity contribution in [3.8, 4) is 0 Å². The molecule has 1 N–H and O–H groups in total. The molecule has 1 aromatic rings. The molecular formula is C13H18N2O4. The normalized spacial score (nSPS) is 10.3. The highest BCUT2D eigenvalue weighted by Gasteiger charge is 2.19. The Labute approximate surface area is 111 Å². The molecule has 1 rings (SSSR count). The minimum Gasteiger partial charge on any atom is -0.395 e. The van der Waals surface area contributed by atoms with Crippen LogP contribution in [0.25, 0.3) is 0 Å². The zero-order valence-corrected chi connectivity index (χ0v) is 11.1. The highest BCUT2D eigenvalue weighted by atomic mass is 16.6. The second-order valence-electron chi connectivity index (χ2n) is 4.23. The molecule has 19 heavy (non-hydrogen) atoms. The maximum Gasteiger partial charge on any atom is 0.282 e. The van der Waals surface area contributed by atoms with Crippen LogP contribution in [-0.4, -0.2) is 35.5 Å². The number of ketones is 1. The van der Waals surface area contributed by atoms with Crippen LogP contribution >= 0.6 is 0 Å². The molecule has 104 valence electrons. The number of nitro groups is 1. The van der Waals surface area contributed by atoms with Gasteiger partial charge in [0.15, 0.2) is 5.78 Å². The van der Waals surface area contributed by atoms with E-state index in [2.05, 4.69) is 0 Å². The van der Waals surface area contributed by atoms with Gasteiger partial charge in [0.2, 0.25) is 0 Å². The number of aliphatic hydroxyl groups excluding tert-OH is 1. The van der Waals surface area contributed by atoms with Crippen molar-refractivity contribution in [2.45, 2.75) is 20.3 Å². The van der Waals surface area contributed by atoms with Crippen LogP contribution in [0.2, 0.25) is 0 Å². The van der Waals surface area contributed by atoms with Crippen LogP contribution in [0, 0.1) is 10.1 Å². The lowest BCUT2D eigenvalue weighted by Crippen LogP contribution is -2.27. The van der Waals surface area contributed by atoms with Crippen LogP contribution in [0.3, 0.4) is 0 Å². The number of hydrogen-bond acceptors (Lipinski definition) is 5. The summed E-state index contributed by atoms with van der Waals surface area (Å²) in [7, 11) is 0. The monoisotopic (exact) mass is 266 g/mol. The summed E-state index contributed by atoms with van der Waals surface area (Å²) < 4.78 is 0. The van der Waals surface area contributed by atoms with Crippen LogP contribution < -0.4 is 4.90 Å². The van der Waals surface area contributed by atoms with Crippen molar-refractivity contribution in [2.24, 2.45) is 0 Å². The third-order valence-corrected chi connectivity index (χ3v) is 2.79. The summed E-state index contributed by atoms with van der Waals surface area (Å²) in [6.45, 7) is 4.37.